The third-order valence-electron chi connectivity index (χ3n) is 2.78. The fourth-order valence-corrected chi connectivity index (χ4v) is 2.69. The number of alkyl halides is 1. The van der Waals surface area contributed by atoms with Crippen molar-refractivity contribution in [1.82, 2.24) is 0 Å². The predicted molar refractivity (Wildman–Crippen MR) is 74.9 cm³/mol. The fraction of sp³-hybridized carbons (Fsp3) is 0.750. The van der Waals surface area contributed by atoms with Gasteiger partial charge in [-0.3, -0.25) is 14.4 Å². The summed E-state index contributed by atoms with van der Waals surface area (Å²) in [7, 11) is 0. The lowest BCUT2D eigenvalue weighted by Crippen LogP contribution is -2.58. The molecular weight excluding hydrogens is 366 g/mol. The Bertz CT molecular complexity index is 456. The second-order valence-electron chi connectivity index (χ2n) is 4.57. The van der Waals surface area contributed by atoms with E-state index in [9.17, 15) is 19.3 Å². The van der Waals surface area contributed by atoms with Gasteiger partial charge >= 0.3 is 17.9 Å². The van der Waals surface area contributed by atoms with E-state index in [1.165, 1.54) is 6.92 Å². The molecule has 1 fully saturated rings. The molecule has 124 valence electrons. The van der Waals surface area contributed by atoms with E-state index in [1.807, 2.05) is 0 Å². The summed E-state index contributed by atoms with van der Waals surface area (Å²) in [6.45, 7) is 3.26. The minimum atomic E-state index is -1.20. The summed E-state index contributed by atoms with van der Waals surface area (Å²) in [6, 6.07) is -1.20. The average Bonchev–Trinajstić information content (AvgIpc) is 2.39. The maximum atomic E-state index is 11.2. The first kappa shape index (κ1) is 18.5. The van der Waals surface area contributed by atoms with Crippen LogP contribution in [-0.2, 0) is 33.3 Å². The molecule has 1 aliphatic rings. The van der Waals surface area contributed by atoms with Gasteiger partial charge in [0.25, 0.3) is 0 Å². The molecule has 1 rings (SSSR count). The molecule has 0 aromatic carbocycles. The van der Waals surface area contributed by atoms with Gasteiger partial charge in [0.15, 0.2) is 23.3 Å². The van der Waals surface area contributed by atoms with Gasteiger partial charge in [-0.1, -0.05) is 21.1 Å². The van der Waals surface area contributed by atoms with Crippen LogP contribution in [0.5, 0.6) is 0 Å². The van der Waals surface area contributed by atoms with E-state index in [-0.39, 0.29) is 6.61 Å². The van der Waals surface area contributed by atoms with E-state index < -0.39 is 47.3 Å². The van der Waals surface area contributed by atoms with Crippen LogP contribution in [-0.4, -0.2) is 53.9 Å². The van der Waals surface area contributed by atoms with Crippen molar-refractivity contribution in [1.29, 1.82) is 0 Å². The molecule has 0 aromatic rings. The molecule has 0 aromatic heterocycles. The number of hydrogen-bond donors (Lipinski definition) is 0. The van der Waals surface area contributed by atoms with Crippen molar-refractivity contribution >= 4 is 33.8 Å². The fourth-order valence-electron chi connectivity index (χ4n) is 1.99. The number of esters is 3. The van der Waals surface area contributed by atoms with Gasteiger partial charge in [-0.2, -0.15) is 4.91 Å². The molecule has 0 aliphatic carbocycles. The minimum absolute atomic E-state index is 0.242. The molecule has 5 atom stereocenters. The summed E-state index contributed by atoms with van der Waals surface area (Å²) >= 11 is 3.13. The van der Waals surface area contributed by atoms with Crippen LogP contribution in [0.2, 0.25) is 0 Å². The van der Waals surface area contributed by atoms with Gasteiger partial charge < -0.3 is 18.9 Å². The van der Waals surface area contributed by atoms with Crippen LogP contribution in [0.4, 0.5) is 0 Å². The summed E-state index contributed by atoms with van der Waals surface area (Å²) in [6.07, 6.45) is -3.15. The number of ether oxygens (including phenoxy) is 4. The number of hydrogen-bond acceptors (Lipinski definition) is 9. The molecule has 1 aliphatic heterocycles. The van der Waals surface area contributed by atoms with Crippen molar-refractivity contribution in [3.8, 4) is 0 Å². The summed E-state index contributed by atoms with van der Waals surface area (Å²) in [5, 5.41) is 2.02. The van der Waals surface area contributed by atoms with E-state index in [2.05, 4.69) is 21.1 Å². The molecule has 0 radical (unpaired) electrons. The van der Waals surface area contributed by atoms with E-state index >= 15 is 0 Å². The first-order valence-electron chi connectivity index (χ1n) is 6.36. The Hall–Kier alpha value is -1.55. The Morgan fingerprint density at radius 1 is 1.05 bits per heavy atom. The smallest absolute Gasteiger partial charge is 0.303 e. The van der Waals surface area contributed by atoms with Gasteiger partial charge in [0.05, 0.1) is 0 Å². The first-order valence-corrected chi connectivity index (χ1v) is 7.27. The number of carbonyl (C=O) groups excluding carboxylic acids is 3. The highest BCUT2D eigenvalue weighted by Crippen LogP contribution is 2.31. The van der Waals surface area contributed by atoms with Crippen LogP contribution >= 0.6 is 15.9 Å². The Balaban J connectivity index is 2.99. The quantitative estimate of drug-likeness (QED) is 0.295. The highest BCUT2D eigenvalue weighted by atomic mass is 79.9. The van der Waals surface area contributed by atoms with E-state index in [0.29, 0.717) is 0 Å². The van der Waals surface area contributed by atoms with Gasteiger partial charge in [-0.15, -0.1) is 0 Å². The maximum Gasteiger partial charge on any atom is 0.303 e. The summed E-state index contributed by atoms with van der Waals surface area (Å²) in [5.74, 6) is -1.88. The molecule has 3 unspecified atom stereocenters. The summed E-state index contributed by atoms with van der Waals surface area (Å²) < 4.78 is 20.3. The molecule has 0 saturated carbocycles. The highest BCUT2D eigenvalue weighted by molar-refractivity contribution is 9.09. The van der Waals surface area contributed by atoms with Crippen LogP contribution in [0.1, 0.15) is 20.8 Å². The molecule has 22 heavy (non-hydrogen) atoms. The molecule has 0 bridgehead atoms. The number of rotatable bonds is 5. The second kappa shape index (κ2) is 8.18. The molecule has 1 saturated heterocycles. The Morgan fingerprint density at radius 2 is 1.59 bits per heavy atom. The zero-order chi connectivity index (χ0) is 16.9. The molecular formula is C12H16BrNO8. The standard InChI is InChI=1S/C12H16BrNO8/c1-5(15)19-4-8-10(20-6(2)16)9(14-18)11(12(13)22-8)21-7(3)17/h8-12H,4H2,1-3H3/t8?,9?,10-,11?,12-/m0/s1. The van der Waals surface area contributed by atoms with Crippen LogP contribution < -0.4 is 0 Å². The Morgan fingerprint density at radius 3 is 2.05 bits per heavy atom. The summed E-state index contributed by atoms with van der Waals surface area (Å²) in [4.78, 5) is 44.4. The largest absolute Gasteiger partial charge is 0.463 e. The van der Waals surface area contributed by atoms with Gasteiger partial charge in [-0.05, 0) is 0 Å². The SMILES string of the molecule is CC(=O)OCC1O[C@H](Br)C(OC(C)=O)C(N=O)[C@H]1OC(C)=O. The van der Waals surface area contributed by atoms with Crippen LogP contribution in [0.25, 0.3) is 0 Å². The average molecular weight is 382 g/mol. The van der Waals surface area contributed by atoms with Gasteiger partial charge in [0.1, 0.15) is 12.7 Å². The number of carbonyl (C=O) groups is 3. The third kappa shape index (κ3) is 5.02. The molecule has 0 amide bonds. The van der Waals surface area contributed by atoms with Crippen LogP contribution in [0.15, 0.2) is 5.18 Å². The van der Waals surface area contributed by atoms with Crippen LogP contribution in [0.3, 0.4) is 0 Å². The number of nitroso groups, excluding NO2 is 1. The first-order chi connectivity index (χ1) is 10.3. The van der Waals surface area contributed by atoms with E-state index in [0.717, 1.165) is 13.8 Å². The number of halogens is 1. The highest BCUT2D eigenvalue weighted by Gasteiger charge is 2.50. The maximum absolute atomic E-state index is 11.2. The zero-order valence-electron chi connectivity index (χ0n) is 12.2. The van der Waals surface area contributed by atoms with Crippen molar-refractivity contribution in [2.75, 3.05) is 6.61 Å². The molecule has 10 heteroatoms. The predicted octanol–water partition coefficient (Wildman–Crippen LogP) is 0.668. The van der Waals surface area contributed by atoms with Crippen molar-refractivity contribution in [3.63, 3.8) is 0 Å². The Kier molecular flexibility index (Phi) is 6.88. The summed E-state index contributed by atoms with van der Waals surface area (Å²) in [5.41, 5.74) is 0. The zero-order valence-corrected chi connectivity index (χ0v) is 13.8. The topological polar surface area (TPSA) is 118 Å². The lowest BCUT2D eigenvalue weighted by molar-refractivity contribution is -0.199. The number of nitrogens with zero attached hydrogens (tertiary/aromatic N) is 1. The second-order valence-corrected chi connectivity index (χ2v) is 5.47. The van der Waals surface area contributed by atoms with Gasteiger partial charge in [0.2, 0.25) is 0 Å². The van der Waals surface area contributed by atoms with E-state index in [4.69, 9.17) is 18.9 Å². The van der Waals surface area contributed by atoms with Gasteiger partial charge in [-0.25, -0.2) is 0 Å². The van der Waals surface area contributed by atoms with Gasteiger partial charge in [0, 0.05) is 20.8 Å². The molecule has 0 spiro atoms. The lowest BCUT2D eigenvalue weighted by Gasteiger charge is -2.40. The molecule has 9 nitrogen and oxygen atoms in total. The third-order valence-corrected chi connectivity index (χ3v) is 3.52. The van der Waals surface area contributed by atoms with Crippen molar-refractivity contribution in [3.05, 3.63) is 4.91 Å². The monoisotopic (exact) mass is 381 g/mol. The molecule has 1 heterocycles. The van der Waals surface area contributed by atoms with Crippen molar-refractivity contribution in [2.24, 2.45) is 5.18 Å². The van der Waals surface area contributed by atoms with Crippen LogP contribution in [0, 0.1) is 4.91 Å². The van der Waals surface area contributed by atoms with Crippen molar-refractivity contribution in [2.45, 2.75) is 50.1 Å². The van der Waals surface area contributed by atoms with E-state index in [1.54, 1.807) is 0 Å². The lowest BCUT2D eigenvalue weighted by atomic mass is 9.97. The normalized spacial score (nSPS) is 31.0. The van der Waals surface area contributed by atoms with Crippen molar-refractivity contribution < 1.29 is 33.3 Å². The molecule has 0 N–H and O–H groups in total. The minimum Gasteiger partial charge on any atom is -0.463 e. The Labute approximate surface area is 134 Å².